The summed E-state index contributed by atoms with van der Waals surface area (Å²) in [7, 11) is 4.52. The van der Waals surface area contributed by atoms with Crippen molar-refractivity contribution in [1.82, 2.24) is 4.98 Å². The van der Waals surface area contributed by atoms with Crippen LogP contribution in [-0.2, 0) is 4.79 Å². The van der Waals surface area contributed by atoms with E-state index in [2.05, 4.69) is 30.9 Å². The average Bonchev–Trinajstić information content (AvgIpc) is 2.81. The SMILES string of the molecule is COc1cc(NC2=NCC(F)C(Nc3ccc4c(n3)NC(=O)C(C)(C)O4)=N2)cc(OC)c1OC. The van der Waals surface area contributed by atoms with Gasteiger partial charge < -0.3 is 34.9 Å². The van der Waals surface area contributed by atoms with E-state index >= 15 is 0 Å². The number of guanidine groups is 1. The van der Waals surface area contributed by atoms with Crippen LogP contribution in [0.25, 0.3) is 0 Å². The van der Waals surface area contributed by atoms with Crippen LogP contribution < -0.4 is 34.9 Å². The molecule has 1 atom stereocenters. The van der Waals surface area contributed by atoms with Gasteiger partial charge in [-0.25, -0.2) is 14.4 Å². The fourth-order valence-electron chi connectivity index (χ4n) is 3.33. The molecule has 0 bridgehead atoms. The number of anilines is 3. The third-order valence-corrected chi connectivity index (χ3v) is 5.10. The van der Waals surface area contributed by atoms with Gasteiger partial charge in [0, 0.05) is 17.8 Å². The van der Waals surface area contributed by atoms with Crippen LogP contribution in [0.15, 0.2) is 34.3 Å². The predicted molar refractivity (Wildman–Crippen MR) is 126 cm³/mol. The van der Waals surface area contributed by atoms with Crippen LogP contribution >= 0.6 is 0 Å². The Morgan fingerprint density at radius 2 is 1.82 bits per heavy atom. The van der Waals surface area contributed by atoms with E-state index in [-0.39, 0.29) is 35.9 Å². The lowest BCUT2D eigenvalue weighted by Crippen LogP contribution is -2.46. The minimum Gasteiger partial charge on any atom is -0.493 e. The lowest BCUT2D eigenvalue weighted by atomic mass is 10.1. The van der Waals surface area contributed by atoms with Gasteiger partial charge in [0.25, 0.3) is 5.91 Å². The number of rotatable bonds is 5. The molecule has 1 amide bonds. The summed E-state index contributed by atoms with van der Waals surface area (Å²) in [5.41, 5.74) is -0.451. The van der Waals surface area contributed by atoms with Crippen molar-refractivity contribution in [2.75, 3.05) is 43.8 Å². The maximum atomic E-state index is 14.6. The number of aliphatic imine (C=N–C) groups is 2. The van der Waals surface area contributed by atoms with Gasteiger partial charge in [-0.1, -0.05) is 0 Å². The van der Waals surface area contributed by atoms with Crippen LogP contribution in [0.1, 0.15) is 13.8 Å². The summed E-state index contributed by atoms with van der Waals surface area (Å²) >= 11 is 0. The third-order valence-electron chi connectivity index (χ3n) is 5.10. The molecule has 2 aromatic rings. The Bertz CT molecular complexity index is 1160. The molecule has 34 heavy (non-hydrogen) atoms. The number of nitrogens with one attached hydrogen (secondary N) is 3. The van der Waals surface area contributed by atoms with Crippen molar-refractivity contribution in [3.63, 3.8) is 0 Å². The number of carbonyl (C=O) groups is 1. The number of halogens is 1. The Morgan fingerprint density at radius 1 is 1.12 bits per heavy atom. The molecule has 0 fully saturated rings. The molecule has 3 N–H and O–H groups in total. The lowest BCUT2D eigenvalue weighted by Gasteiger charge is -2.31. The molecule has 3 heterocycles. The number of benzene rings is 1. The summed E-state index contributed by atoms with van der Waals surface area (Å²) in [6, 6.07) is 6.62. The summed E-state index contributed by atoms with van der Waals surface area (Å²) in [6.45, 7) is 3.17. The van der Waals surface area contributed by atoms with Crippen LogP contribution in [0, 0.1) is 0 Å². The molecule has 180 valence electrons. The van der Waals surface area contributed by atoms with Gasteiger partial charge in [-0.05, 0) is 26.0 Å². The molecule has 1 aromatic carbocycles. The molecule has 2 aliphatic heterocycles. The van der Waals surface area contributed by atoms with Crippen molar-refractivity contribution in [1.29, 1.82) is 0 Å². The molecule has 2 aliphatic rings. The molecule has 0 radical (unpaired) electrons. The van der Waals surface area contributed by atoms with Gasteiger partial charge in [0.05, 0.1) is 27.9 Å². The van der Waals surface area contributed by atoms with E-state index in [1.165, 1.54) is 21.3 Å². The van der Waals surface area contributed by atoms with Crippen LogP contribution in [0.3, 0.4) is 0 Å². The van der Waals surface area contributed by atoms with Crippen LogP contribution in [0.2, 0.25) is 0 Å². The van der Waals surface area contributed by atoms with Crippen molar-refractivity contribution in [3.05, 3.63) is 24.3 Å². The number of ether oxygens (including phenoxy) is 4. The van der Waals surface area contributed by atoms with Crippen molar-refractivity contribution < 1.29 is 28.1 Å². The van der Waals surface area contributed by atoms with E-state index < -0.39 is 11.8 Å². The van der Waals surface area contributed by atoms with Gasteiger partial charge in [-0.15, -0.1) is 0 Å². The summed E-state index contributed by atoms with van der Waals surface area (Å²) in [5, 5.41) is 8.58. The third kappa shape index (κ3) is 4.51. The number of hydrogen-bond donors (Lipinski definition) is 3. The molecule has 0 aliphatic carbocycles. The first-order valence-corrected chi connectivity index (χ1v) is 10.4. The fraction of sp³-hybridized carbons (Fsp3) is 0.364. The van der Waals surface area contributed by atoms with E-state index in [0.717, 1.165) is 0 Å². The van der Waals surface area contributed by atoms with Crippen LogP contribution in [0.5, 0.6) is 23.0 Å². The Hall–Kier alpha value is -4.09. The van der Waals surface area contributed by atoms with E-state index in [9.17, 15) is 9.18 Å². The quantitative estimate of drug-likeness (QED) is 0.606. The molecule has 0 saturated carbocycles. The Kier molecular flexibility index (Phi) is 6.14. The van der Waals surface area contributed by atoms with Crippen LogP contribution in [0.4, 0.5) is 21.7 Å². The van der Waals surface area contributed by atoms with Crippen LogP contribution in [-0.4, -0.2) is 62.3 Å². The highest BCUT2D eigenvalue weighted by Gasteiger charge is 2.36. The van der Waals surface area contributed by atoms with Gasteiger partial charge >= 0.3 is 0 Å². The zero-order chi connectivity index (χ0) is 24.5. The predicted octanol–water partition coefficient (Wildman–Crippen LogP) is 2.85. The molecule has 0 spiro atoms. The molecule has 0 saturated heterocycles. The topological polar surface area (TPSA) is 128 Å². The smallest absolute Gasteiger partial charge is 0.269 e. The van der Waals surface area contributed by atoms with E-state index in [1.54, 1.807) is 38.1 Å². The molecule has 11 nitrogen and oxygen atoms in total. The van der Waals surface area contributed by atoms with Gasteiger partial charge in [-0.3, -0.25) is 4.79 Å². The fourth-order valence-corrected chi connectivity index (χ4v) is 3.33. The second kappa shape index (κ2) is 9.04. The second-order valence-corrected chi connectivity index (χ2v) is 7.90. The Balaban J connectivity index is 1.54. The molecular weight excluding hydrogens is 447 g/mol. The second-order valence-electron chi connectivity index (χ2n) is 7.90. The monoisotopic (exact) mass is 472 g/mol. The number of pyridine rings is 1. The summed E-state index contributed by atoms with van der Waals surface area (Å²) < 4.78 is 36.3. The first-order valence-electron chi connectivity index (χ1n) is 10.4. The number of alkyl halides is 1. The van der Waals surface area contributed by atoms with Crippen molar-refractivity contribution >= 4 is 35.0 Å². The number of aromatic nitrogens is 1. The Morgan fingerprint density at radius 3 is 2.47 bits per heavy atom. The lowest BCUT2D eigenvalue weighted by molar-refractivity contribution is -0.129. The van der Waals surface area contributed by atoms with Gasteiger partial charge in [0.15, 0.2) is 34.8 Å². The minimum absolute atomic E-state index is 0.0146. The zero-order valence-electron chi connectivity index (χ0n) is 19.4. The average molecular weight is 472 g/mol. The van der Waals surface area contributed by atoms with Gasteiger partial charge in [0.1, 0.15) is 11.7 Å². The largest absolute Gasteiger partial charge is 0.493 e. The number of amidine groups is 1. The highest BCUT2D eigenvalue weighted by Crippen LogP contribution is 2.40. The normalized spacial score (nSPS) is 18.4. The van der Waals surface area contributed by atoms with Gasteiger partial charge in [-0.2, -0.15) is 4.99 Å². The molecule has 12 heteroatoms. The number of methoxy groups -OCH3 is 3. The van der Waals surface area contributed by atoms with E-state index in [0.29, 0.717) is 28.7 Å². The maximum Gasteiger partial charge on any atom is 0.269 e. The number of fused-ring (bicyclic) bond motifs is 1. The number of hydrogen-bond acceptors (Lipinski definition) is 10. The number of amides is 1. The highest BCUT2D eigenvalue weighted by atomic mass is 19.1. The van der Waals surface area contributed by atoms with Gasteiger partial charge in [0.2, 0.25) is 11.7 Å². The number of carbonyl (C=O) groups excluding carboxylic acids is 1. The summed E-state index contributed by atoms with van der Waals surface area (Å²) in [4.78, 5) is 24.9. The maximum absolute atomic E-state index is 14.6. The summed E-state index contributed by atoms with van der Waals surface area (Å²) in [5.74, 6) is 2.14. The van der Waals surface area contributed by atoms with Crippen molar-refractivity contribution in [2.45, 2.75) is 25.6 Å². The molecular formula is C22H25FN6O5. The van der Waals surface area contributed by atoms with E-state index in [4.69, 9.17) is 18.9 Å². The minimum atomic E-state index is -1.46. The standard InChI is InChI=1S/C22H25FN6O5/c1-22(2)20(30)28-19-13(34-22)6-7-16(27-19)26-18-12(23)10-24-21(29-18)25-11-8-14(31-3)17(33-5)15(9-11)32-4/h6-9,12H,10H2,1-5H3,(H3,24,25,26,27,28,29,30). The van der Waals surface area contributed by atoms with Crippen molar-refractivity contribution in [2.24, 2.45) is 9.98 Å². The molecule has 1 unspecified atom stereocenters. The first kappa shape index (κ1) is 23.1. The van der Waals surface area contributed by atoms with E-state index in [1.807, 2.05) is 0 Å². The summed E-state index contributed by atoms with van der Waals surface area (Å²) in [6.07, 6.45) is -1.46. The Labute approximate surface area is 195 Å². The number of nitrogens with zero attached hydrogens (tertiary/aromatic N) is 3. The molecule has 4 rings (SSSR count). The highest BCUT2D eigenvalue weighted by molar-refractivity contribution is 6.10. The van der Waals surface area contributed by atoms with Crippen molar-refractivity contribution in [3.8, 4) is 23.0 Å². The first-order chi connectivity index (χ1) is 16.2. The zero-order valence-corrected chi connectivity index (χ0v) is 19.4. The molecule has 1 aromatic heterocycles.